The van der Waals surface area contributed by atoms with Crippen molar-refractivity contribution in [3.05, 3.63) is 16.3 Å². The van der Waals surface area contributed by atoms with Crippen molar-refractivity contribution < 1.29 is 24.9 Å². The van der Waals surface area contributed by atoms with E-state index in [1.807, 2.05) is 0 Å². The lowest BCUT2D eigenvalue weighted by Crippen LogP contribution is -2.62. The van der Waals surface area contributed by atoms with E-state index in [1.165, 1.54) is 37.0 Å². The third-order valence-electron chi connectivity index (χ3n) is 11.8. The second-order valence-corrected chi connectivity index (χ2v) is 13.9. The first-order valence-corrected chi connectivity index (χ1v) is 15.3. The summed E-state index contributed by atoms with van der Waals surface area (Å²) in [5, 5.41) is 35.1. The molecular weight excluding hydrogens is 472 g/mol. The highest BCUT2D eigenvalue weighted by molar-refractivity contribution is 7.08. The molecule has 11 atom stereocenters. The fraction of sp³-hybridized carbons (Fsp3) is 0.833. The van der Waals surface area contributed by atoms with Gasteiger partial charge in [0.25, 0.3) is 0 Å². The van der Waals surface area contributed by atoms with E-state index in [1.54, 1.807) is 10.8 Å². The SMILES string of the molecule is CC[C@H]1[C@@H](O)[C@@H]2[C@H](CC[C@]3(C)[C@@H]([C@H](C)CCOc4cscc4C(=O)O)CC[C@@H]23)[C@@]2(C)CC[C@@H](O)C[C@@H]12. The van der Waals surface area contributed by atoms with Crippen LogP contribution in [0.3, 0.4) is 0 Å². The maximum atomic E-state index is 11.9. The third kappa shape index (κ3) is 4.14. The van der Waals surface area contributed by atoms with Crippen LogP contribution in [-0.4, -0.2) is 40.1 Å². The topological polar surface area (TPSA) is 87.0 Å². The van der Waals surface area contributed by atoms with E-state index in [-0.39, 0.29) is 28.6 Å². The van der Waals surface area contributed by atoms with Crippen LogP contribution in [0.4, 0.5) is 0 Å². The van der Waals surface area contributed by atoms with Crippen molar-refractivity contribution >= 4 is 17.3 Å². The molecule has 0 spiro atoms. The van der Waals surface area contributed by atoms with Crippen LogP contribution in [-0.2, 0) is 0 Å². The van der Waals surface area contributed by atoms with Crippen LogP contribution in [0.15, 0.2) is 10.8 Å². The number of carboxylic acid groups (broad SMARTS) is 1. The number of carboxylic acids is 1. The largest absolute Gasteiger partial charge is 0.492 e. The van der Waals surface area contributed by atoms with Crippen LogP contribution in [0.25, 0.3) is 0 Å². The van der Waals surface area contributed by atoms with E-state index in [9.17, 15) is 20.1 Å². The summed E-state index contributed by atoms with van der Waals surface area (Å²) >= 11 is 1.37. The zero-order chi connectivity index (χ0) is 25.8. The number of fused-ring (bicyclic) bond motifs is 5. The van der Waals surface area contributed by atoms with Gasteiger partial charge in [-0.1, -0.05) is 34.1 Å². The molecule has 0 unspecified atom stereocenters. The highest BCUT2D eigenvalue weighted by Crippen LogP contribution is 2.69. The Morgan fingerprint density at radius 3 is 2.53 bits per heavy atom. The van der Waals surface area contributed by atoms with Crippen molar-refractivity contribution in [2.75, 3.05) is 6.61 Å². The van der Waals surface area contributed by atoms with E-state index in [2.05, 4.69) is 27.7 Å². The number of hydrogen-bond acceptors (Lipinski definition) is 5. The molecule has 4 aliphatic rings. The minimum Gasteiger partial charge on any atom is -0.492 e. The van der Waals surface area contributed by atoms with Gasteiger partial charge in [0, 0.05) is 10.8 Å². The molecule has 3 N–H and O–H groups in total. The molecule has 1 aromatic rings. The molecule has 0 saturated heterocycles. The van der Waals surface area contributed by atoms with E-state index in [0.717, 1.165) is 32.1 Å². The summed E-state index contributed by atoms with van der Waals surface area (Å²) in [7, 11) is 0. The molecule has 202 valence electrons. The van der Waals surface area contributed by atoms with E-state index in [4.69, 9.17) is 4.74 Å². The summed E-state index contributed by atoms with van der Waals surface area (Å²) in [5.41, 5.74) is 0.745. The zero-order valence-corrected chi connectivity index (χ0v) is 23.3. The Morgan fingerprint density at radius 2 is 1.81 bits per heavy atom. The summed E-state index contributed by atoms with van der Waals surface area (Å²) in [5.74, 6) is 2.92. The molecule has 1 aromatic heterocycles. The quantitative estimate of drug-likeness (QED) is 0.385. The summed E-state index contributed by atoms with van der Waals surface area (Å²) < 4.78 is 5.92. The first-order chi connectivity index (χ1) is 17.1. The number of aliphatic hydroxyl groups excluding tert-OH is 2. The molecule has 4 saturated carbocycles. The molecule has 4 fully saturated rings. The van der Waals surface area contributed by atoms with Gasteiger partial charge in [-0.15, -0.1) is 11.3 Å². The molecule has 4 aliphatic carbocycles. The van der Waals surface area contributed by atoms with Gasteiger partial charge in [-0.3, -0.25) is 0 Å². The molecule has 0 bridgehead atoms. The van der Waals surface area contributed by atoms with Crippen LogP contribution in [0.5, 0.6) is 5.75 Å². The smallest absolute Gasteiger partial charge is 0.340 e. The molecule has 0 radical (unpaired) electrons. The van der Waals surface area contributed by atoms with E-state index in [0.29, 0.717) is 53.8 Å². The van der Waals surface area contributed by atoms with Crippen LogP contribution >= 0.6 is 11.3 Å². The van der Waals surface area contributed by atoms with Crippen molar-refractivity contribution in [3.8, 4) is 5.75 Å². The maximum absolute atomic E-state index is 11.9. The predicted octanol–water partition coefficient (Wildman–Crippen LogP) is 6.48. The molecule has 0 aromatic carbocycles. The maximum Gasteiger partial charge on any atom is 0.340 e. The average molecular weight is 519 g/mol. The van der Waals surface area contributed by atoms with Gasteiger partial charge >= 0.3 is 5.97 Å². The Labute approximate surface area is 220 Å². The molecule has 36 heavy (non-hydrogen) atoms. The Bertz CT molecular complexity index is 946. The minimum absolute atomic E-state index is 0.200. The molecule has 5 nitrogen and oxygen atoms in total. The second-order valence-electron chi connectivity index (χ2n) is 13.2. The van der Waals surface area contributed by atoms with Gasteiger partial charge in [0.2, 0.25) is 0 Å². The average Bonchev–Trinajstić information content (AvgIpc) is 3.44. The number of aromatic carboxylic acids is 1. The fourth-order valence-electron chi connectivity index (χ4n) is 10.0. The lowest BCUT2D eigenvalue weighted by atomic mass is 9.41. The third-order valence-corrected chi connectivity index (χ3v) is 12.6. The van der Waals surface area contributed by atoms with Gasteiger partial charge in [-0.25, -0.2) is 4.79 Å². The van der Waals surface area contributed by atoms with Gasteiger partial charge in [0.05, 0.1) is 18.8 Å². The summed E-state index contributed by atoms with van der Waals surface area (Å²) in [6, 6.07) is 0. The van der Waals surface area contributed by atoms with Crippen molar-refractivity contribution in [3.63, 3.8) is 0 Å². The van der Waals surface area contributed by atoms with Crippen molar-refractivity contribution in [1.82, 2.24) is 0 Å². The fourth-order valence-corrected chi connectivity index (χ4v) is 10.8. The standard InChI is InChI=1S/C30H46O5S/c1-5-19-24-14-18(31)8-11-30(24,4)23-9-12-29(3)21(6-7-22(29)26(23)27(19)32)17(2)10-13-35-25-16-36-15-20(25)28(33)34/h15-19,21-24,26-27,31-32H,5-14H2,1-4H3,(H,33,34)/t17-,18-,19-,21-,22+,23+,24+,26+,27-,29-,30-/m1/s1. The first-order valence-electron chi connectivity index (χ1n) is 14.4. The predicted molar refractivity (Wildman–Crippen MR) is 142 cm³/mol. The lowest BCUT2D eigenvalue weighted by molar-refractivity contribution is -0.203. The minimum atomic E-state index is -0.929. The monoisotopic (exact) mass is 518 g/mol. The van der Waals surface area contributed by atoms with Gasteiger partial charge < -0.3 is 20.1 Å². The first kappa shape index (κ1) is 26.5. The van der Waals surface area contributed by atoms with Crippen LogP contribution < -0.4 is 4.74 Å². The lowest BCUT2D eigenvalue weighted by Gasteiger charge is -2.64. The molecule has 6 heteroatoms. The summed E-state index contributed by atoms with van der Waals surface area (Å²) in [6.07, 6.45) is 9.21. The van der Waals surface area contributed by atoms with E-state index >= 15 is 0 Å². The highest BCUT2D eigenvalue weighted by atomic mass is 32.1. The summed E-state index contributed by atoms with van der Waals surface area (Å²) in [4.78, 5) is 11.4. The summed E-state index contributed by atoms with van der Waals surface area (Å²) in [6.45, 7) is 10.1. The molecule has 0 aliphatic heterocycles. The van der Waals surface area contributed by atoms with Crippen molar-refractivity contribution in [1.29, 1.82) is 0 Å². The zero-order valence-electron chi connectivity index (χ0n) is 22.5. The number of aliphatic hydroxyl groups is 2. The number of thiophene rings is 1. The molecular formula is C30H46O5S. The number of hydrogen-bond donors (Lipinski definition) is 3. The molecule has 5 rings (SSSR count). The van der Waals surface area contributed by atoms with Crippen LogP contribution in [0.1, 0.15) is 95.8 Å². The number of ether oxygens (including phenoxy) is 1. The van der Waals surface area contributed by atoms with Gasteiger partial charge in [-0.05, 0) is 104 Å². The number of rotatable bonds is 7. The number of carbonyl (C=O) groups is 1. The van der Waals surface area contributed by atoms with E-state index < -0.39 is 5.97 Å². The normalized spacial score (nSPS) is 44.8. The Morgan fingerprint density at radius 1 is 1.08 bits per heavy atom. The van der Waals surface area contributed by atoms with Gasteiger partial charge in [-0.2, -0.15) is 0 Å². The Balaban J connectivity index is 1.30. The van der Waals surface area contributed by atoms with Gasteiger partial charge in [0.15, 0.2) is 0 Å². The van der Waals surface area contributed by atoms with Crippen LogP contribution in [0, 0.1) is 52.3 Å². The Hall–Kier alpha value is -1.11. The Kier molecular flexibility index (Phi) is 7.28. The van der Waals surface area contributed by atoms with Crippen molar-refractivity contribution in [2.45, 2.75) is 97.7 Å². The van der Waals surface area contributed by atoms with Gasteiger partial charge in [0.1, 0.15) is 11.3 Å². The second kappa shape index (κ2) is 9.89. The highest BCUT2D eigenvalue weighted by Gasteiger charge is 2.64. The molecule has 1 heterocycles. The van der Waals surface area contributed by atoms with Crippen LogP contribution in [0.2, 0.25) is 0 Å². The van der Waals surface area contributed by atoms with Crippen molar-refractivity contribution in [2.24, 2.45) is 52.3 Å². The molecule has 0 amide bonds.